The topological polar surface area (TPSA) is 82.6 Å². The molecule has 2 aliphatic heterocycles. The van der Waals surface area contributed by atoms with E-state index in [0.717, 1.165) is 12.0 Å². The number of thiazole rings is 1. The van der Waals surface area contributed by atoms with Crippen LogP contribution >= 0.6 is 11.3 Å². The van der Waals surface area contributed by atoms with Crippen molar-refractivity contribution in [1.29, 1.82) is 0 Å². The molecule has 1 aromatic heterocycles. The number of aromatic nitrogens is 1. The molecular weight excluding hydrogens is 439 g/mol. The molecule has 1 saturated heterocycles. The van der Waals surface area contributed by atoms with Crippen LogP contribution in [0.5, 0.6) is 0 Å². The van der Waals surface area contributed by atoms with Gasteiger partial charge in [-0.15, -0.1) is 11.3 Å². The Morgan fingerprint density at radius 3 is 2.71 bits per heavy atom. The Kier molecular flexibility index (Phi) is 4.90. The van der Waals surface area contributed by atoms with Crippen LogP contribution in [0.25, 0.3) is 0 Å². The second-order valence-corrected chi connectivity index (χ2v) is 10.00. The molecular formula is C21H21FN4O3S2. The van der Waals surface area contributed by atoms with Crippen LogP contribution in [-0.2, 0) is 21.2 Å². The summed E-state index contributed by atoms with van der Waals surface area (Å²) in [5.74, 6) is -0.406. The second kappa shape index (κ2) is 7.61. The van der Waals surface area contributed by atoms with Crippen LogP contribution in [0.15, 0.2) is 58.9 Å². The predicted octanol–water partition coefficient (Wildman–Crippen LogP) is 3.50. The largest absolute Gasteiger partial charge is 0.357 e. The van der Waals surface area contributed by atoms with Crippen LogP contribution < -0.4 is 14.5 Å². The van der Waals surface area contributed by atoms with Gasteiger partial charge in [-0.25, -0.2) is 17.8 Å². The van der Waals surface area contributed by atoms with Gasteiger partial charge in [-0.1, -0.05) is 12.1 Å². The van der Waals surface area contributed by atoms with E-state index in [9.17, 15) is 17.6 Å². The maximum absolute atomic E-state index is 14.4. The molecule has 1 N–H and O–H groups in total. The van der Waals surface area contributed by atoms with Gasteiger partial charge in [0.1, 0.15) is 11.9 Å². The number of anilines is 3. The first-order valence-corrected chi connectivity index (χ1v) is 12.2. The average Bonchev–Trinajstić information content (AvgIpc) is 3.48. The van der Waals surface area contributed by atoms with Crippen LogP contribution in [0.1, 0.15) is 13.4 Å². The number of carbonyl (C=O) groups is 1. The van der Waals surface area contributed by atoms with Crippen LogP contribution in [0.2, 0.25) is 0 Å². The van der Waals surface area contributed by atoms with Crippen LogP contribution in [-0.4, -0.2) is 38.4 Å². The van der Waals surface area contributed by atoms with Crippen molar-refractivity contribution in [2.24, 2.45) is 0 Å². The van der Waals surface area contributed by atoms with Crippen molar-refractivity contribution in [2.75, 3.05) is 27.6 Å². The Bertz CT molecular complexity index is 1240. The minimum Gasteiger partial charge on any atom is -0.357 e. The molecule has 10 heteroatoms. The van der Waals surface area contributed by atoms with E-state index in [-0.39, 0.29) is 18.0 Å². The van der Waals surface area contributed by atoms with Gasteiger partial charge in [-0.3, -0.25) is 9.52 Å². The first-order chi connectivity index (χ1) is 14.9. The first kappa shape index (κ1) is 20.0. The summed E-state index contributed by atoms with van der Waals surface area (Å²) in [6, 6.07) is 10.8. The number of hydrogen-bond donors (Lipinski definition) is 1. The molecule has 0 saturated carbocycles. The maximum atomic E-state index is 14.4. The van der Waals surface area contributed by atoms with E-state index in [1.54, 1.807) is 28.5 Å². The third-order valence-corrected chi connectivity index (χ3v) is 7.82. The SMILES string of the molecule is O=C1[C@@H](N2CCc3cccc(F)c32)CCN1c1ccc(S(=O)(=O)Nc2nccs2)cc1.[HH]. The molecule has 1 amide bonds. The predicted molar refractivity (Wildman–Crippen MR) is 120 cm³/mol. The summed E-state index contributed by atoms with van der Waals surface area (Å²) < 4.78 is 41.8. The molecule has 0 radical (unpaired) electrons. The highest BCUT2D eigenvalue weighted by atomic mass is 32.2. The van der Waals surface area contributed by atoms with E-state index in [2.05, 4.69) is 9.71 Å². The summed E-state index contributed by atoms with van der Waals surface area (Å²) in [6.45, 7) is 1.10. The van der Waals surface area contributed by atoms with Crippen LogP contribution in [0.3, 0.4) is 0 Å². The zero-order chi connectivity index (χ0) is 21.6. The highest BCUT2D eigenvalue weighted by Crippen LogP contribution is 2.36. The molecule has 0 spiro atoms. The quantitative estimate of drug-likeness (QED) is 0.630. The van der Waals surface area contributed by atoms with Gasteiger partial charge < -0.3 is 9.80 Å². The second-order valence-electron chi connectivity index (χ2n) is 7.42. The summed E-state index contributed by atoms with van der Waals surface area (Å²) >= 11 is 1.19. The van der Waals surface area contributed by atoms with Gasteiger partial charge >= 0.3 is 0 Å². The third-order valence-electron chi connectivity index (χ3n) is 5.65. The zero-order valence-corrected chi connectivity index (χ0v) is 18.0. The van der Waals surface area contributed by atoms with E-state index in [4.69, 9.17) is 0 Å². The molecule has 1 atom stereocenters. The Morgan fingerprint density at radius 1 is 1.16 bits per heavy atom. The molecule has 0 bridgehead atoms. The average molecular weight is 461 g/mol. The van der Waals surface area contributed by atoms with E-state index < -0.39 is 16.1 Å². The fourth-order valence-electron chi connectivity index (χ4n) is 4.21. The van der Waals surface area contributed by atoms with Gasteiger partial charge in [0.05, 0.1) is 10.6 Å². The van der Waals surface area contributed by atoms with Gasteiger partial charge in [0, 0.05) is 31.8 Å². The standard InChI is InChI=1S/C21H19FN4O3S2.H2/c22-17-3-1-2-14-8-11-26(19(14)17)18-9-12-25(20(18)27)15-4-6-16(7-5-15)31(28,29)24-21-23-10-13-30-21;/h1-7,10,13,18H,8-9,11-12H2,(H,23,24);1H/t18-;/m0./s1. The molecule has 0 unspecified atom stereocenters. The Hall–Kier alpha value is -2.98. The number of para-hydroxylation sites is 1. The number of benzene rings is 2. The smallest absolute Gasteiger partial charge is 0.263 e. The first-order valence-electron chi connectivity index (χ1n) is 9.82. The van der Waals surface area contributed by atoms with Crippen molar-refractivity contribution in [3.05, 3.63) is 65.4 Å². The van der Waals surface area contributed by atoms with Gasteiger partial charge in [-0.2, -0.15) is 0 Å². The summed E-state index contributed by atoms with van der Waals surface area (Å²) in [4.78, 5) is 20.6. The lowest BCUT2D eigenvalue weighted by Crippen LogP contribution is -2.41. The number of nitrogens with zero attached hydrogens (tertiary/aromatic N) is 3. The third kappa shape index (κ3) is 3.55. The monoisotopic (exact) mass is 460 g/mol. The van der Waals surface area contributed by atoms with Gasteiger partial charge in [0.25, 0.3) is 10.0 Å². The molecule has 1 fully saturated rings. The fourth-order valence-corrected chi connectivity index (χ4v) is 6.00. The number of hydrogen-bond acceptors (Lipinski definition) is 6. The molecule has 5 rings (SSSR count). The molecule has 162 valence electrons. The van der Waals surface area contributed by atoms with E-state index in [0.29, 0.717) is 36.0 Å². The molecule has 7 nitrogen and oxygen atoms in total. The normalized spacial score (nSPS) is 18.5. The summed E-state index contributed by atoms with van der Waals surface area (Å²) in [5.41, 5.74) is 2.07. The van der Waals surface area contributed by atoms with Crippen molar-refractivity contribution in [3.63, 3.8) is 0 Å². The zero-order valence-electron chi connectivity index (χ0n) is 16.4. The molecule has 31 heavy (non-hydrogen) atoms. The lowest BCUT2D eigenvalue weighted by Gasteiger charge is -2.26. The van der Waals surface area contributed by atoms with Crippen molar-refractivity contribution in [3.8, 4) is 0 Å². The van der Waals surface area contributed by atoms with Gasteiger partial charge in [-0.05, 0) is 48.7 Å². The number of carbonyl (C=O) groups excluding carboxylic acids is 1. The van der Waals surface area contributed by atoms with E-state index in [1.165, 1.54) is 35.7 Å². The highest BCUT2D eigenvalue weighted by Gasteiger charge is 2.40. The van der Waals surface area contributed by atoms with Crippen molar-refractivity contribution < 1.29 is 19.0 Å². The highest BCUT2D eigenvalue weighted by molar-refractivity contribution is 7.93. The summed E-state index contributed by atoms with van der Waals surface area (Å²) in [7, 11) is -3.75. The molecule has 2 aliphatic rings. The lowest BCUT2D eigenvalue weighted by atomic mass is 10.1. The minimum absolute atomic E-state index is 0. The number of amides is 1. The molecule has 0 aliphatic carbocycles. The number of nitrogens with one attached hydrogen (secondary N) is 1. The van der Waals surface area contributed by atoms with Crippen LogP contribution in [0.4, 0.5) is 20.9 Å². The van der Waals surface area contributed by atoms with Gasteiger partial charge in [0.2, 0.25) is 5.91 Å². The molecule has 3 heterocycles. The number of halogens is 1. The van der Waals surface area contributed by atoms with Crippen LogP contribution in [0, 0.1) is 5.82 Å². The summed E-state index contributed by atoms with van der Waals surface area (Å²) in [5, 5.41) is 1.97. The number of sulfonamides is 1. The Labute approximate surface area is 184 Å². The Balaban J connectivity index is 0.00000245. The minimum atomic E-state index is -3.75. The maximum Gasteiger partial charge on any atom is 0.263 e. The number of fused-ring (bicyclic) bond motifs is 1. The molecule has 3 aromatic rings. The fraction of sp³-hybridized carbons (Fsp3) is 0.238. The van der Waals surface area contributed by atoms with Crippen molar-refractivity contribution in [2.45, 2.75) is 23.8 Å². The number of rotatable bonds is 5. The van der Waals surface area contributed by atoms with E-state index >= 15 is 0 Å². The van der Waals surface area contributed by atoms with Crippen molar-refractivity contribution >= 4 is 43.8 Å². The van der Waals surface area contributed by atoms with Gasteiger partial charge in [0.15, 0.2) is 5.13 Å². The lowest BCUT2D eigenvalue weighted by molar-refractivity contribution is -0.118. The van der Waals surface area contributed by atoms with Crippen molar-refractivity contribution in [1.82, 2.24) is 4.98 Å². The molecule has 2 aromatic carbocycles. The Morgan fingerprint density at radius 2 is 1.97 bits per heavy atom. The van der Waals surface area contributed by atoms with E-state index in [1.807, 2.05) is 11.0 Å². The summed E-state index contributed by atoms with van der Waals surface area (Å²) in [6.07, 6.45) is 2.82.